The van der Waals surface area contributed by atoms with E-state index in [1.165, 1.54) is 6.07 Å². The van der Waals surface area contributed by atoms with Crippen LogP contribution in [0.2, 0.25) is 0 Å². The summed E-state index contributed by atoms with van der Waals surface area (Å²) in [6, 6.07) is 6.00. The van der Waals surface area contributed by atoms with E-state index in [4.69, 9.17) is 0 Å². The molecule has 21 heavy (non-hydrogen) atoms. The lowest BCUT2D eigenvalue weighted by Gasteiger charge is -2.45. The van der Waals surface area contributed by atoms with Gasteiger partial charge in [-0.05, 0) is 24.5 Å². The number of hydrogen-bond acceptors (Lipinski definition) is 2. The molecule has 2 nitrogen and oxygen atoms in total. The number of Topliss-reactive ketones (excluding diaryl/α,β-unsaturated/α-hetero) is 1. The minimum atomic E-state index is -4.32. The van der Waals surface area contributed by atoms with Crippen LogP contribution in [0.4, 0.5) is 13.2 Å². The normalized spacial score (nSPS) is 26.9. The van der Waals surface area contributed by atoms with Crippen molar-refractivity contribution in [2.75, 3.05) is 0 Å². The van der Waals surface area contributed by atoms with Crippen LogP contribution in [0.1, 0.15) is 43.2 Å². The Kier molecular flexibility index (Phi) is 3.78. The predicted molar refractivity (Wildman–Crippen MR) is 72.7 cm³/mol. The summed E-state index contributed by atoms with van der Waals surface area (Å²) in [7, 11) is 0. The van der Waals surface area contributed by atoms with Crippen LogP contribution in [-0.2, 0) is 17.5 Å². The fourth-order valence-corrected chi connectivity index (χ4v) is 3.66. The largest absolute Gasteiger partial charge is 0.416 e. The van der Waals surface area contributed by atoms with Crippen molar-refractivity contribution in [3.8, 4) is 0 Å². The molecule has 2 saturated heterocycles. The number of piperidine rings is 2. The first-order chi connectivity index (χ1) is 9.95. The zero-order valence-corrected chi connectivity index (χ0v) is 11.7. The molecule has 114 valence electrons. The van der Waals surface area contributed by atoms with Gasteiger partial charge in [-0.25, -0.2) is 0 Å². The quantitative estimate of drug-likeness (QED) is 0.827. The molecular weight excluding hydrogens is 279 g/mol. The average Bonchev–Trinajstić information content (AvgIpc) is 2.39. The summed E-state index contributed by atoms with van der Waals surface area (Å²) in [6.45, 7) is 0.290. The van der Waals surface area contributed by atoms with E-state index < -0.39 is 11.7 Å². The highest BCUT2D eigenvalue weighted by molar-refractivity contribution is 5.80. The van der Waals surface area contributed by atoms with Crippen LogP contribution in [-0.4, -0.2) is 22.8 Å². The lowest BCUT2D eigenvalue weighted by Crippen LogP contribution is -2.51. The second-order valence-electron chi connectivity index (χ2n) is 6.01. The highest BCUT2D eigenvalue weighted by Gasteiger charge is 2.39. The van der Waals surface area contributed by atoms with Crippen LogP contribution in [0, 0.1) is 0 Å². The second kappa shape index (κ2) is 5.44. The smallest absolute Gasteiger partial charge is 0.300 e. The van der Waals surface area contributed by atoms with Gasteiger partial charge in [-0.15, -0.1) is 0 Å². The van der Waals surface area contributed by atoms with E-state index in [-0.39, 0.29) is 24.4 Å². The van der Waals surface area contributed by atoms with Gasteiger partial charge in [0.2, 0.25) is 0 Å². The molecule has 0 saturated carbocycles. The Morgan fingerprint density at radius 1 is 1.10 bits per heavy atom. The highest BCUT2D eigenvalue weighted by atomic mass is 19.4. The summed E-state index contributed by atoms with van der Waals surface area (Å²) in [5.41, 5.74) is -0.240. The second-order valence-corrected chi connectivity index (χ2v) is 6.01. The van der Waals surface area contributed by atoms with Crippen molar-refractivity contribution < 1.29 is 18.0 Å². The number of benzene rings is 1. The van der Waals surface area contributed by atoms with Crippen LogP contribution < -0.4 is 0 Å². The van der Waals surface area contributed by atoms with Gasteiger partial charge in [-0.2, -0.15) is 13.2 Å². The summed E-state index contributed by atoms with van der Waals surface area (Å²) in [5, 5.41) is 0. The Labute approximate surface area is 121 Å². The molecule has 2 bridgehead atoms. The summed E-state index contributed by atoms with van der Waals surface area (Å²) in [4.78, 5) is 13.8. The summed E-state index contributed by atoms with van der Waals surface area (Å²) < 4.78 is 39.2. The first kappa shape index (κ1) is 14.6. The van der Waals surface area contributed by atoms with Crippen LogP contribution in [0.15, 0.2) is 24.3 Å². The number of fused-ring (bicyclic) bond motifs is 2. The lowest BCUT2D eigenvalue weighted by atomic mass is 9.83. The van der Waals surface area contributed by atoms with Crippen molar-refractivity contribution in [3.05, 3.63) is 35.4 Å². The third kappa shape index (κ3) is 2.98. The van der Waals surface area contributed by atoms with Gasteiger partial charge >= 0.3 is 6.18 Å². The molecular formula is C16H18F3NO. The zero-order valence-electron chi connectivity index (χ0n) is 11.7. The van der Waals surface area contributed by atoms with Gasteiger partial charge in [0.25, 0.3) is 0 Å². The van der Waals surface area contributed by atoms with E-state index >= 15 is 0 Å². The van der Waals surface area contributed by atoms with Gasteiger partial charge in [-0.3, -0.25) is 9.69 Å². The third-order valence-electron chi connectivity index (χ3n) is 4.62. The SMILES string of the molecule is O=C1CC2CCCC(C1)N2Cc1ccccc1C(F)(F)F. The van der Waals surface area contributed by atoms with Crippen molar-refractivity contribution in [3.63, 3.8) is 0 Å². The Morgan fingerprint density at radius 3 is 2.33 bits per heavy atom. The summed E-state index contributed by atoms with van der Waals surface area (Å²) in [6.07, 6.45) is -0.445. The van der Waals surface area contributed by atoms with E-state index in [9.17, 15) is 18.0 Å². The molecule has 2 aliphatic heterocycles. The molecule has 3 rings (SSSR count). The lowest BCUT2D eigenvalue weighted by molar-refractivity contribution is -0.139. The molecule has 2 unspecified atom stereocenters. The highest BCUT2D eigenvalue weighted by Crippen LogP contribution is 2.37. The molecule has 0 aromatic heterocycles. The fourth-order valence-electron chi connectivity index (χ4n) is 3.66. The van der Waals surface area contributed by atoms with Gasteiger partial charge in [0.05, 0.1) is 5.56 Å². The van der Waals surface area contributed by atoms with E-state index in [0.717, 1.165) is 25.3 Å². The first-order valence-corrected chi connectivity index (χ1v) is 7.37. The maximum absolute atomic E-state index is 13.1. The van der Waals surface area contributed by atoms with Crippen molar-refractivity contribution in [1.29, 1.82) is 0 Å². The van der Waals surface area contributed by atoms with Crippen molar-refractivity contribution in [2.45, 2.75) is 56.9 Å². The first-order valence-electron chi connectivity index (χ1n) is 7.37. The standard InChI is InChI=1S/C16H18F3NO/c17-16(18,19)15-7-2-1-4-11(15)10-20-12-5-3-6-13(20)9-14(21)8-12/h1-2,4,7,12-13H,3,5-6,8-10H2. The number of halogens is 3. The van der Waals surface area contributed by atoms with E-state index in [2.05, 4.69) is 4.90 Å². The molecule has 0 spiro atoms. The van der Waals surface area contributed by atoms with E-state index in [0.29, 0.717) is 18.4 Å². The van der Waals surface area contributed by atoms with Gasteiger partial charge in [0.15, 0.2) is 0 Å². The number of nitrogens with zero attached hydrogens (tertiary/aromatic N) is 1. The molecule has 1 aromatic carbocycles. The van der Waals surface area contributed by atoms with Gasteiger partial charge in [0.1, 0.15) is 5.78 Å². The van der Waals surface area contributed by atoms with Crippen LogP contribution in [0.3, 0.4) is 0 Å². The molecule has 0 aliphatic carbocycles. The number of hydrogen-bond donors (Lipinski definition) is 0. The monoisotopic (exact) mass is 297 g/mol. The van der Waals surface area contributed by atoms with Crippen molar-refractivity contribution in [1.82, 2.24) is 4.90 Å². The van der Waals surface area contributed by atoms with E-state index in [1.807, 2.05) is 0 Å². The minimum absolute atomic E-state index is 0.117. The molecule has 0 amide bonds. The number of carbonyl (C=O) groups is 1. The third-order valence-corrected chi connectivity index (χ3v) is 4.62. The maximum atomic E-state index is 13.1. The average molecular weight is 297 g/mol. The number of ketones is 1. The Balaban J connectivity index is 1.85. The van der Waals surface area contributed by atoms with Crippen molar-refractivity contribution >= 4 is 5.78 Å². The predicted octanol–water partition coefficient (Wildman–Crippen LogP) is 3.79. The Hall–Kier alpha value is -1.36. The van der Waals surface area contributed by atoms with Crippen LogP contribution in [0.25, 0.3) is 0 Å². The van der Waals surface area contributed by atoms with Crippen molar-refractivity contribution in [2.24, 2.45) is 0 Å². The van der Waals surface area contributed by atoms with Crippen LogP contribution >= 0.6 is 0 Å². The number of rotatable bonds is 2. The molecule has 2 fully saturated rings. The Bertz CT molecular complexity index is 525. The topological polar surface area (TPSA) is 20.3 Å². The van der Waals surface area contributed by atoms with Gasteiger partial charge < -0.3 is 0 Å². The molecule has 5 heteroatoms. The molecule has 2 aliphatic rings. The van der Waals surface area contributed by atoms with Crippen LogP contribution in [0.5, 0.6) is 0 Å². The minimum Gasteiger partial charge on any atom is -0.300 e. The Morgan fingerprint density at radius 2 is 1.71 bits per heavy atom. The molecule has 2 heterocycles. The van der Waals surface area contributed by atoms with E-state index in [1.54, 1.807) is 12.1 Å². The molecule has 0 radical (unpaired) electrons. The fraction of sp³-hybridized carbons (Fsp3) is 0.562. The summed E-state index contributed by atoms with van der Waals surface area (Å²) in [5.74, 6) is 0.255. The van der Waals surface area contributed by atoms with Gasteiger partial charge in [-0.1, -0.05) is 24.6 Å². The zero-order chi connectivity index (χ0) is 15.0. The molecule has 2 atom stereocenters. The molecule has 1 aromatic rings. The van der Waals surface area contributed by atoms with Gasteiger partial charge in [0, 0.05) is 31.5 Å². The maximum Gasteiger partial charge on any atom is 0.416 e. The summed E-state index contributed by atoms with van der Waals surface area (Å²) >= 11 is 0. The number of carbonyl (C=O) groups excluding carboxylic acids is 1. The molecule has 0 N–H and O–H groups in total. The number of alkyl halides is 3.